The second-order valence-electron chi connectivity index (χ2n) is 7.64. The Bertz CT molecular complexity index is 1120. The molecule has 0 saturated heterocycles. The highest BCUT2D eigenvalue weighted by molar-refractivity contribution is 6.30. The first kappa shape index (κ1) is 22.3. The van der Waals surface area contributed by atoms with E-state index in [0.717, 1.165) is 11.1 Å². The lowest BCUT2D eigenvalue weighted by molar-refractivity contribution is -0.124. The van der Waals surface area contributed by atoms with Crippen LogP contribution in [0, 0.1) is 0 Å². The predicted octanol–water partition coefficient (Wildman–Crippen LogP) is 4.58. The highest BCUT2D eigenvalue weighted by atomic mass is 35.5. The first-order chi connectivity index (χ1) is 15.5. The number of nitrogens with zero attached hydrogens (tertiary/aromatic N) is 1. The summed E-state index contributed by atoms with van der Waals surface area (Å²) in [6.07, 6.45) is 0. The molecule has 3 aromatic carbocycles. The second kappa shape index (κ2) is 9.74. The van der Waals surface area contributed by atoms with Gasteiger partial charge in [-0.25, -0.2) is 0 Å². The number of carbonyl (C=O) groups is 2. The van der Waals surface area contributed by atoms with E-state index in [2.05, 4.69) is 5.32 Å². The average Bonchev–Trinajstić information content (AvgIpc) is 2.81. The van der Waals surface area contributed by atoms with Gasteiger partial charge in [-0.3, -0.25) is 9.59 Å². The quantitative estimate of drug-likeness (QED) is 0.555. The summed E-state index contributed by atoms with van der Waals surface area (Å²) in [6, 6.07) is 21.1. The normalized spacial score (nSPS) is 17.7. The molecule has 2 unspecified atom stereocenters. The van der Waals surface area contributed by atoms with E-state index >= 15 is 0 Å². The summed E-state index contributed by atoms with van der Waals surface area (Å²) in [5.74, 6) is -1.05. The first-order valence-electron chi connectivity index (χ1n) is 10.3. The van der Waals surface area contributed by atoms with Crippen LogP contribution in [0.15, 0.2) is 72.8 Å². The Labute approximate surface area is 196 Å². The van der Waals surface area contributed by atoms with E-state index in [1.807, 2.05) is 36.4 Å². The number of aliphatic hydroxyl groups excluding tert-OH is 1. The molecule has 5 nitrogen and oxygen atoms in total. The molecule has 4 rings (SSSR count). The summed E-state index contributed by atoms with van der Waals surface area (Å²) in [5.41, 5.74) is 2.86. The fraction of sp³-hybridized carbons (Fsp3) is 0.200. The van der Waals surface area contributed by atoms with E-state index in [-0.39, 0.29) is 25.0 Å². The Morgan fingerprint density at radius 3 is 2.22 bits per heavy atom. The van der Waals surface area contributed by atoms with Gasteiger partial charge in [0.2, 0.25) is 5.91 Å². The molecule has 0 bridgehead atoms. The molecule has 1 aliphatic rings. The van der Waals surface area contributed by atoms with E-state index in [9.17, 15) is 14.7 Å². The summed E-state index contributed by atoms with van der Waals surface area (Å²) in [5, 5.41) is 13.2. The van der Waals surface area contributed by atoms with Gasteiger partial charge in [-0.15, -0.1) is 0 Å². The molecule has 2 atom stereocenters. The van der Waals surface area contributed by atoms with E-state index in [4.69, 9.17) is 23.2 Å². The second-order valence-corrected chi connectivity index (χ2v) is 8.51. The van der Waals surface area contributed by atoms with Gasteiger partial charge in [-0.1, -0.05) is 65.7 Å². The van der Waals surface area contributed by atoms with Crippen molar-refractivity contribution in [2.45, 2.75) is 18.5 Å². The molecular weight excluding hydrogens is 447 g/mol. The van der Waals surface area contributed by atoms with Crippen molar-refractivity contribution in [3.05, 3.63) is 105 Å². The molecule has 0 fully saturated rings. The first-order valence-corrected chi connectivity index (χ1v) is 11.0. The van der Waals surface area contributed by atoms with E-state index in [1.54, 1.807) is 41.3 Å². The van der Waals surface area contributed by atoms with Crippen molar-refractivity contribution >= 4 is 35.0 Å². The van der Waals surface area contributed by atoms with Gasteiger partial charge in [0.15, 0.2) is 0 Å². The summed E-state index contributed by atoms with van der Waals surface area (Å²) < 4.78 is 0. The number of benzene rings is 3. The Morgan fingerprint density at radius 1 is 0.938 bits per heavy atom. The zero-order valence-corrected chi connectivity index (χ0v) is 18.7. The molecule has 2 N–H and O–H groups in total. The lowest BCUT2D eigenvalue weighted by Crippen LogP contribution is -2.47. The third-order valence-electron chi connectivity index (χ3n) is 5.61. The minimum atomic E-state index is -0.649. The van der Waals surface area contributed by atoms with Crippen molar-refractivity contribution in [2.75, 3.05) is 13.2 Å². The van der Waals surface area contributed by atoms with E-state index in [0.29, 0.717) is 27.7 Å². The predicted molar refractivity (Wildman–Crippen MR) is 125 cm³/mol. The zero-order valence-electron chi connectivity index (χ0n) is 17.2. The van der Waals surface area contributed by atoms with Crippen LogP contribution in [0.4, 0.5) is 0 Å². The minimum Gasteiger partial charge on any atom is -0.395 e. The summed E-state index contributed by atoms with van der Waals surface area (Å²) in [6.45, 7) is 0.274. The summed E-state index contributed by atoms with van der Waals surface area (Å²) in [4.78, 5) is 28.7. The number of halogens is 2. The molecule has 0 saturated carbocycles. The van der Waals surface area contributed by atoms with E-state index < -0.39 is 12.0 Å². The Kier molecular flexibility index (Phi) is 6.80. The molecule has 32 heavy (non-hydrogen) atoms. The number of carbonyl (C=O) groups excluding carboxylic acids is 2. The smallest absolute Gasteiger partial charge is 0.255 e. The number of amides is 2. The van der Waals surface area contributed by atoms with Gasteiger partial charge in [0.05, 0.1) is 18.6 Å². The average molecular weight is 469 g/mol. The molecule has 0 spiro atoms. The van der Waals surface area contributed by atoms with Gasteiger partial charge < -0.3 is 15.3 Å². The van der Waals surface area contributed by atoms with Crippen LogP contribution in [0.2, 0.25) is 10.0 Å². The molecule has 164 valence electrons. The van der Waals surface area contributed by atoms with Gasteiger partial charge in [0.1, 0.15) is 0 Å². The molecule has 0 radical (unpaired) electrons. The van der Waals surface area contributed by atoms with Crippen LogP contribution in [0.3, 0.4) is 0 Å². The fourth-order valence-electron chi connectivity index (χ4n) is 4.16. The Hall–Kier alpha value is -2.86. The summed E-state index contributed by atoms with van der Waals surface area (Å²) >= 11 is 12.1. The molecule has 3 aromatic rings. The van der Waals surface area contributed by atoms with E-state index in [1.165, 1.54) is 0 Å². The maximum absolute atomic E-state index is 13.6. The van der Waals surface area contributed by atoms with Crippen molar-refractivity contribution in [3.63, 3.8) is 0 Å². The number of nitrogens with one attached hydrogen (secondary N) is 1. The fourth-order valence-corrected chi connectivity index (χ4v) is 4.41. The lowest BCUT2D eigenvalue weighted by atomic mass is 9.79. The Morgan fingerprint density at radius 2 is 1.56 bits per heavy atom. The van der Waals surface area contributed by atoms with Gasteiger partial charge in [0.25, 0.3) is 5.91 Å². The van der Waals surface area contributed by atoms with Crippen LogP contribution in [0.5, 0.6) is 0 Å². The van der Waals surface area contributed by atoms with Gasteiger partial charge >= 0.3 is 0 Å². The van der Waals surface area contributed by atoms with Crippen molar-refractivity contribution in [2.24, 2.45) is 0 Å². The highest BCUT2D eigenvalue weighted by Gasteiger charge is 2.43. The minimum absolute atomic E-state index is 0.135. The number of aliphatic hydroxyl groups is 1. The topological polar surface area (TPSA) is 69.6 Å². The lowest BCUT2D eigenvalue weighted by Gasteiger charge is -2.42. The monoisotopic (exact) mass is 468 g/mol. The molecular formula is C25H22Cl2N2O3. The van der Waals surface area contributed by atoms with Crippen LogP contribution in [0.25, 0.3) is 0 Å². The van der Waals surface area contributed by atoms with Crippen LogP contribution < -0.4 is 5.32 Å². The van der Waals surface area contributed by atoms with Gasteiger partial charge in [-0.2, -0.15) is 0 Å². The van der Waals surface area contributed by atoms with Gasteiger partial charge in [0, 0.05) is 28.7 Å². The highest BCUT2D eigenvalue weighted by Crippen LogP contribution is 2.43. The van der Waals surface area contributed by atoms with Crippen molar-refractivity contribution < 1.29 is 14.7 Å². The molecule has 7 heteroatoms. The van der Waals surface area contributed by atoms with Crippen LogP contribution >= 0.6 is 23.2 Å². The molecule has 1 aliphatic heterocycles. The SMILES string of the molecule is O=C(NCCO)C1c2ccccc2C(=O)N(Cc2ccc(Cl)cc2)C1c1ccc(Cl)cc1. The van der Waals surface area contributed by atoms with Crippen molar-refractivity contribution in [1.29, 1.82) is 0 Å². The van der Waals surface area contributed by atoms with Crippen LogP contribution in [-0.2, 0) is 11.3 Å². The maximum atomic E-state index is 13.6. The van der Waals surface area contributed by atoms with Crippen LogP contribution in [-0.4, -0.2) is 35.0 Å². The largest absolute Gasteiger partial charge is 0.395 e. The molecule has 0 aliphatic carbocycles. The molecule has 1 heterocycles. The standard InChI is InChI=1S/C25H22Cl2N2O3/c26-18-9-5-16(6-10-18)15-29-23(17-7-11-19(27)12-8-17)22(24(31)28-13-14-30)20-3-1-2-4-21(20)25(29)32/h1-12,22-23,30H,13-15H2,(H,28,31). The van der Waals surface area contributed by atoms with Crippen molar-refractivity contribution in [3.8, 4) is 0 Å². The maximum Gasteiger partial charge on any atom is 0.255 e. The molecule has 2 amide bonds. The number of rotatable bonds is 6. The zero-order chi connectivity index (χ0) is 22.7. The summed E-state index contributed by atoms with van der Waals surface area (Å²) in [7, 11) is 0. The number of fused-ring (bicyclic) bond motifs is 1. The third kappa shape index (κ3) is 4.51. The van der Waals surface area contributed by atoms with Crippen molar-refractivity contribution in [1.82, 2.24) is 10.2 Å². The van der Waals surface area contributed by atoms with Crippen LogP contribution in [0.1, 0.15) is 39.0 Å². The number of hydrogen-bond donors (Lipinski definition) is 2. The third-order valence-corrected chi connectivity index (χ3v) is 6.11. The molecule has 0 aromatic heterocycles. The number of hydrogen-bond acceptors (Lipinski definition) is 3. The Balaban J connectivity index is 1.85. The van der Waals surface area contributed by atoms with Gasteiger partial charge in [-0.05, 0) is 47.0 Å².